The molecule has 0 spiro atoms. The van der Waals surface area contributed by atoms with Crippen LogP contribution in [0.5, 0.6) is 0 Å². The lowest BCUT2D eigenvalue weighted by Gasteiger charge is -2.32. The van der Waals surface area contributed by atoms with Crippen LogP contribution in [-0.2, 0) is 22.6 Å². The summed E-state index contributed by atoms with van der Waals surface area (Å²) in [6, 6.07) is 21.6. The molecule has 1 heterocycles. The maximum absolute atomic E-state index is 14.8. The molecule has 3 aromatic carbocycles. The number of hydrogen-bond acceptors (Lipinski definition) is 4. The molecule has 3 aromatic rings. The second-order valence-corrected chi connectivity index (χ2v) is 10.7. The third-order valence-corrected chi connectivity index (χ3v) is 7.92. The van der Waals surface area contributed by atoms with Crippen LogP contribution < -0.4 is 5.32 Å². The molecule has 4 amide bonds. The molecule has 1 fully saturated rings. The number of carbonyl (C=O) groups is 4. The minimum Gasteiger partial charge on any atom is -0.352 e. The van der Waals surface area contributed by atoms with Crippen LogP contribution in [-0.4, -0.2) is 52.1 Å². The number of fused-ring (bicyclic) bond motifs is 1. The second-order valence-electron chi connectivity index (χ2n) is 10.7. The standard InChI is InChI=1S/C33H34FN3O4/c34-28-18-9-4-13-24(28)22-37(29(21-23-11-2-1-3-12-23)31(39)35-25-14-5-6-15-25)30(38)19-10-20-36-32(40)26-16-7-8-17-27(26)33(36)41/h1-4,7-9,11-13,16-18,25,29H,5-6,10,14-15,19-22H2,(H,35,39). The van der Waals surface area contributed by atoms with Crippen molar-refractivity contribution in [1.82, 2.24) is 15.1 Å². The lowest BCUT2D eigenvalue weighted by atomic mass is 10.0. The number of benzene rings is 3. The molecule has 1 saturated carbocycles. The van der Waals surface area contributed by atoms with Crippen molar-refractivity contribution in [3.63, 3.8) is 0 Å². The third kappa shape index (κ3) is 6.53. The Balaban J connectivity index is 1.36. The summed E-state index contributed by atoms with van der Waals surface area (Å²) >= 11 is 0. The van der Waals surface area contributed by atoms with Crippen molar-refractivity contribution in [1.29, 1.82) is 0 Å². The second kappa shape index (κ2) is 12.9. The van der Waals surface area contributed by atoms with Crippen LogP contribution in [0.1, 0.15) is 70.4 Å². The van der Waals surface area contributed by atoms with E-state index < -0.39 is 11.9 Å². The summed E-state index contributed by atoms with van der Waals surface area (Å²) in [5.41, 5.74) is 1.91. The normalized spacial score (nSPS) is 15.6. The topological polar surface area (TPSA) is 86.8 Å². The fraction of sp³-hybridized carbons (Fsp3) is 0.333. The number of amides is 4. The first kappa shape index (κ1) is 28.2. The van der Waals surface area contributed by atoms with E-state index in [4.69, 9.17) is 0 Å². The van der Waals surface area contributed by atoms with E-state index in [0.29, 0.717) is 16.7 Å². The zero-order valence-electron chi connectivity index (χ0n) is 22.9. The maximum Gasteiger partial charge on any atom is 0.261 e. The summed E-state index contributed by atoms with van der Waals surface area (Å²) in [4.78, 5) is 55.7. The Morgan fingerprint density at radius 2 is 1.49 bits per heavy atom. The van der Waals surface area contributed by atoms with Crippen LogP contribution in [0.2, 0.25) is 0 Å². The minimum absolute atomic E-state index is 0.0101. The van der Waals surface area contributed by atoms with Crippen molar-refractivity contribution in [2.75, 3.05) is 6.54 Å². The van der Waals surface area contributed by atoms with Crippen LogP contribution in [0.15, 0.2) is 78.9 Å². The first-order valence-corrected chi connectivity index (χ1v) is 14.2. The van der Waals surface area contributed by atoms with Gasteiger partial charge in [-0.2, -0.15) is 0 Å². The average Bonchev–Trinajstić information content (AvgIpc) is 3.58. The van der Waals surface area contributed by atoms with Gasteiger partial charge in [-0.1, -0.05) is 73.5 Å². The van der Waals surface area contributed by atoms with Crippen LogP contribution in [0, 0.1) is 5.82 Å². The van der Waals surface area contributed by atoms with Crippen molar-refractivity contribution in [2.24, 2.45) is 0 Å². The molecule has 0 radical (unpaired) electrons. The highest BCUT2D eigenvalue weighted by Crippen LogP contribution is 2.24. The van der Waals surface area contributed by atoms with Crippen molar-refractivity contribution >= 4 is 23.6 Å². The Hall–Kier alpha value is -4.33. The summed E-state index contributed by atoms with van der Waals surface area (Å²) in [6.07, 6.45) is 4.37. The molecular weight excluding hydrogens is 521 g/mol. The molecule has 0 bridgehead atoms. The van der Waals surface area contributed by atoms with E-state index >= 15 is 0 Å². The highest BCUT2D eigenvalue weighted by molar-refractivity contribution is 6.21. The van der Waals surface area contributed by atoms with Gasteiger partial charge >= 0.3 is 0 Å². The van der Waals surface area contributed by atoms with Crippen molar-refractivity contribution < 1.29 is 23.6 Å². The molecule has 1 atom stereocenters. The molecule has 8 heteroatoms. The Bertz CT molecular complexity index is 1390. The molecule has 1 N–H and O–H groups in total. The molecule has 2 aliphatic rings. The predicted molar refractivity (Wildman–Crippen MR) is 152 cm³/mol. The zero-order chi connectivity index (χ0) is 28.8. The molecule has 7 nitrogen and oxygen atoms in total. The Morgan fingerprint density at radius 3 is 2.15 bits per heavy atom. The van der Waals surface area contributed by atoms with E-state index in [0.717, 1.165) is 36.1 Å². The zero-order valence-corrected chi connectivity index (χ0v) is 22.9. The van der Waals surface area contributed by atoms with Crippen LogP contribution >= 0.6 is 0 Å². The number of rotatable bonds is 11. The first-order chi connectivity index (χ1) is 19.9. The highest BCUT2D eigenvalue weighted by atomic mass is 19.1. The SMILES string of the molecule is O=C(NC1CCCC1)C(Cc1ccccc1)N(Cc1ccccc1F)C(=O)CCCN1C(=O)c2ccccc2C1=O. The summed E-state index contributed by atoms with van der Waals surface area (Å²) < 4.78 is 14.8. The quantitative estimate of drug-likeness (QED) is 0.341. The molecule has 0 aromatic heterocycles. The van der Waals surface area contributed by atoms with Crippen LogP contribution in [0.4, 0.5) is 4.39 Å². The number of nitrogens with one attached hydrogen (secondary N) is 1. The summed E-state index contributed by atoms with van der Waals surface area (Å²) in [6.45, 7) is -0.00262. The number of halogens is 1. The molecule has 212 valence electrons. The summed E-state index contributed by atoms with van der Waals surface area (Å²) in [5, 5.41) is 3.13. The summed E-state index contributed by atoms with van der Waals surface area (Å²) in [5.74, 6) is -1.80. The molecule has 0 saturated heterocycles. The lowest BCUT2D eigenvalue weighted by molar-refractivity contribution is -0.141. The van der Waals surface area contributed by atoms with Gasteiger partial charge < -0.3 is 10.2 Å². The summed E-state index contributed by atoms with van der Waals surface area (Å²) in [7, 11) is 0. The molecule has 5 rings (SSSR count). The first-order valence-electron chi connectivity index (χ1n) is 14.2. The molecule has 1 aliphatic carbocycles. The number of hydrogen-bond donors (Lipinski definition) is 1. The minimum atomic E-state index is -0.857. The van der Waals surface area contributed by atoms with Gasteiger partial charge in [0.2, 0.25) is 11.8 Å². The van der Waals surface area contributed by atoms with E-state index in [1.807, 2.05) is 30.3 Å². The van der Waals surface area contributed by atoms with E-state index in [9.17, 15) is 23.6 Å². The fourth-order valence-electron chi connectivity index (χ4n) is 5.71. The molecule has 1 unspecified atom stereocenters. The van der Waals surface area contributed by atoms with E-state index in [1.165, 1.54) is 11.0 Å². The van der Waals surface area contributed by atoms with Gasteiger partial charge in [0.25, 0.3) is 11.8 Å². The largest absolute Gasteiger partial charge is 0.352 e. The lowest BCUT2D eigenvalue weighted by Crippen LogP contribution is -2.52. The molecule has 1 aliphatic heterocycles. The van der Waals surface area contributed by atoms with Gasteiger partial charge in [-0.05, 0) is 43.0 Å². The van der Waals surface area contributed by atoms with E-state index in [-0.39, 0.29) is 62.0 Å². The average molecular weight is 556 g/mol. The third-order valence-electron chi connectivity index (χ3n) is 7.92. The number of nitrogens with zero attached hydrogens (tertiary/aromatic N) is 2. The molecular formula is C33H34FN3O4. The van der Waals surface area contributed by atoms with Gasteiger partial charge in [0.1, 0.15) is 11.9 Å². The Labute approximate surface area is 239 Å². The van der Waals surface area contributed by atoms with E-state index in [2.05, 4.69) is 5.32 Å². The number of carbonyl (C=O) groups excluding carboxylic acids is 4. The van der Waals surface area contributed by atoms with Gasteiger partial charge in [-0.15, -0.1) is 0 Å². The van der Waals surface area contributed by atoms with Gasteiger partial charge in [-0.25, -0.2) is 4.39 Å². The van der Waals surface area contributed by atoms with Gasteiger partial charge in [0.05, 0.1) is 11.1 Å². The fourth-order valence-corrected chi connectivity index (χ4v) is 5.71. The monoisotopic (exact) mass is 555 g/mol. The smallest absolute Gasteiger partial charge is 0.261 e. The van der Waals surface area contributed by atoms with Crippen molar-refractivity contribution in [2.45, 2.75) is 63.6 Å². The van der Waals surface area contributed by atoms with Gasteiger partial charge in [-0.3, -0.25) is 24.1 Å². The van der Waals surface area contributed by atoms with E-state index in [1.54, 1.807) is 42.5 Å². The van der Waals surface area contributed by atoms with Gasteiger partial charge in [0.15, 0.2) is 0 Å². The molecule has 41 heavy (non-hydrogen) atoms. The van der Waals surface area contributed by atoms with Crippen molar-refractivity contribution in [3.8, 4) is 0 Å². The van der Waals surface area contributed by atoms with Crippen molar-refractivity contribution in [3.05, 3.63) is 107 Å². The Kier molecular flexibility index (Phi) is 8.87. The number of imide groups is 1. The maximum atomic E-state index is 14.8. The van der Waals surface area contributed by atoms with Gasteiger partial charge in [0, 0.05) is 37.5 Å². The van der Waals surface area contributed by atoms with Crippen LogP contribution in [0.3, 0.4) is 0 Å². The van der Waals surface area contributed by atoms with Crippen LogP contribution in [0.25, 0.3) is 0 Å². The Morgan fingerprint density at radius 1 is 0.878 bits per heavy atom. The predicted octanol–water partition coefficient (Wildman–Crippen LogP) is 4.90. The highest BCUT2D eigenvalue weighted by Gasteiger charge is 2.36.